The van der Waals surface area contributed by atoms with Gasteiger partial charge in [0.2, 0.25) is 10.0 Å². The molecule has 30 heavy (non-hydrogen) atoms. The van der Waals surface area contributed by atoms with E-state index in [1.807, 2.05) is 30.7 Å². The van der Waals surface area contributed by atoms with Gasteiger partial charge in [0.25, 0.3) is 5.91 Å². The molecule has 0 aliphatic carbocycles. The molecule has 2 heterocycles. The van der Waals surface area contributed by atoms with Crippen LogP contribution in [0.4, 0.5) is 0 Å². The van der Waals surface area contributed by atoms with E-state index in [9.17, 15) is 13.2 Å². The van der Waals surface area contributed by atoms with Gasteiger partial charge in [0.05, 0.1) is 15.1 Å². The van der Waals surface area contributed by atoms with Crippen LogP contribution in [0.2, 0.25) is 5.02 Å². The lowest BCUT2D eigenvalue weighted by Crippen LogP contribution is -2.35. The van der Waals surface area contributed by atoms with Gasteiger partial charge in [-0.2, -0.15) is 9.30 Å². The maximum absolute atomic E-state index is 12.8. The van der Waals surface area contributed by atoms with E-state index in [2.05, 4.69) is 4.99 Å². The maximum Gasteiger partial charge on any atom is 0.279 e. The fourth-order valence-electron chi connectivity index (χ4n) is 3.69. The van der Waals surface area contributed by atoms with Crippen LogP contribution < -0.4 is 4.80 Å². The summed E-state index contributed by atoms with van der Waals surface area (Å²) in [6.45, 7) is 3.03. The Kier molecular flexibility index (Phi) is 5.85. The largest absolute Gasteiger partial charge is 0.319 e. The van der Waals surface area contributed by atoms with Crippen LogP contribution in [0.25, 0.3) is 10.2 Å². The molecule has 1 aliphatic rings. The van der Waals surface area contributed by atoms with Gasteiger partial charge >= 0.3 is 0 Å². The molecule has 0 radical (unpaired) electrons. The Balaban J connectivity index is 1.64. The van der Waals surface area contributed by atoms with Gasteiger partial charge < -0.3 is 4.57 Å². The molecule has 4 rings (SSSR count). The molecule has 3 aromatic rings. The van der Waals surface area contributed by atoms with E-state index in [0.717, 1.165) is 35.0 Å². The van der Waals surface area contributed by atoms with Crippen LogP contribution in [0, 0.1) is 6.92 Å². The lowest BCUT2D eigenvalue weighted by Gasteiger charge is -2.25. The first kappa shape index (κ1) is 21.2. The molecule has 0 unspecified atom stereocenters. The smallest absolute Gasteiger partial charge is 0.279 e. The monoisotopic (exact) mass is 463 g/mol. The Morgan fingerprint density at radius 3 is 2.40 bits per heavy atom. The van der Waals surface area contributed by atoms with Gasteiger partial charge in [-0.1, -0.05) is 29.4 Å². The topological polar surface area (TPSA) is 71.7 Å². The summed E-state index contributed by atoms with van der Waals surface area (Å²) in [6.07, 6.45) is 2.82. The van der Waals surface area contributed by atoms with Gasteiger partial charge in [-0.15, -0.1) is 0 Å². The van der Waals surface area contributed by atoms with Crippen molar-refractivity contribution in [2.24, 2.45) is 12.0 Å². The molecule has 0 N–H and O–H groups in total. The first-order valence-electron chi connectivity index (χ1n) is 9.73. The number of benzene rings is 2. The summed E-state index contributed by atoms with van der Waals surface area (Å²) in [5.41, 5.74) is 2.23. The highest BCUT2D eigenvalue weighted by Crippen LogP contribution is 2.26. The van der Waals surface area contributed by atoms with Gasteiger partial charge in [-0.25, -0.2) is 8.42 Å². The molecule has 1 aliphatic heterocycles. The summed E-state index contributed by atoms with van der Waals surface area (Å²) >= 11 is 7.63. The summed E-state index contributed by atoms with van der Waals surface area (Å²) in [6, 6.07) is 9.78. The van der Waals surface area contributed by atoms with Crippen molar-refractivity contribution in [1.29, 1.82) is 0 Å². The summed E-state index contributed by atoms with van der Waals surface area (Å²) in [7, 11) is -1.67. The average Bonchev–Trinajstić information content (AvgIpc) is 3.07. The zero-order chi connectivity index (χ0) is 21.5. The molecule has 9 heteroatoms. The van der Waals surface area contributed by atoms with E-state index < -0.39 is 15.9 Å². The molecular weight excluding hydrogens is 442 g/mol. The first-order valence-corrected chi connectivity index (χ1v) is 12.4. The van der Waals surface area contributed by atoms with Gasteiger partial charge in [0, 0.05) is 30.7 Å². The molecule has 0 spiro atoms. The normalized spacial score (nSPS) is 16.3. The first-order chi connectivity index (χ1) is 14.3. The number of rotatable bonds is 3. The van der Waals surface area contributed by atoms with Crippen molar-refractivity contribution in [3.8, 4) is 0 Å². The zero-order valence-electron chi connectivity index (χ0n) is 16.8. The lowest BCUT2D eigenvalue weighted by molar-refractivity contribution is 0.0998. The number of amides is 1. The fourth-order valence-corrected chi connectivity index (χ4v) is 6.43. The summed E-state index contributed by atoms with van der Waals surface area (Å²) in [4.78, 5) is 17.7. The van der Waals surface area contributed by atoms with Crippen molar-refractivity contribution < 1.29 is 13.2 Å². The van der Waals surface area contributed by atoms with Gasteiger partial charge in [-0.05, 0) is 61.7 Å². The van der Waals surface area contributed by atoms with Gasteiger partial charge in [-0.3, -0.25) is 4.79 Å². The van der Waals surface area contributed by atoms with Crippen LogP contribution in [-0.2, 0) is 17.1 Å². The highest BCUT2D eigenvalue weighted by atomic mass is 35.5. The molecule has 2 aromatic carbocycles. The third kappa shape index (κ3) is 3.85. The molecule has 0 saturated carbocycles. The van der Waals surface area contributed by atoms with Crippen molar-refractivity contribution in [3.05, 3.63) is 57.3 Å². The highest BCUT2D eigenvalue weighted by molar-refractivity contribution is 7.89. The van der Waals surface area contributed by atoms with Crippen molar-refractivity contribution in [2.45, 2.75) is 31.1 Å². The highest BCUT2D eigenvalue weighted by Gasteiger charge is 2.26. The minimum absolute atomic E-state index is 0.207. The van der Waals surface area contributed by atoms with E-state index in [-0.39, 0.29) is 4.90 Å². The second kappa shape index (κ2) is 8.26. The van der Waals surface area contributed by atoms with Crippen LogP contribution in [0.3, 0.4) is 0 Å². The zero-order valence-corrected chi connectivity index (χ0v) is 19.1. The van der Waals surface area contributed by atoms with Crippen molar-refractivity contribution in [3.63, 3.8) is 0 Å². The second-order valence-electron chi connectivity index (χ2n) is 7.37. The Morgan fingerprint density at radius 2 is 1.73 bits per heavy atom. The molecule has 0 atom stereocenters. The molecule has 1 aromatic heterocycles. The Morgan fingerprint density at radius 1 is 1.07 bits per heavy atom. The number of hydrogen-bond donors (Lipinski definition) is 0. The quantitative estimate of drug-likeness (QED) is 0.586. The molecule has 0 bridgehead atoms. The molecule has 6 nitrogen and oxygen atoms in total. The fraction of sp³-hybridized carbons (Fsp3) is 0.333. The van der Waals surface area contributed by atoms with Crippen LogP contribution in [0.15, 0.2) is 46.3 Å². The minimum Gasteiger partial charge on any atom is -0.319 e. The van der Waals surface area contributed by atoms with E-state index in [4.69, 9.17) is 11.6 Å². The maximum atomic E-state index is 12.8. The third-order valence-corrected chi connectivity index (χ3v) is 8.82. The number of thiazole rings is 1. The molecule has 158 valence electrons. The van der Waals surface area contributed by atoms with Crippen LogP contribution in [-0.4, -0.2) is 36.3 Å². The predicted molar refractivity (Wildman–Crippen MR) is 119 cm³/mol. The predicted octanol–water partition coefficient (Wildman–Crippen LogP) is 4.12. The number of nitrogens with zero attached hydrogens (tertiary/aromatic N) is 3. The summed E-state index contributed by atoms with van der Waals surface area (Å²) in [5, 5.41) is 0.666. The molecule has 1 amide bonds. The third-order valence-electron chi connectivity index (χ3n) is 5.40. The van der Waals surface area contributed by atoms with Gasteiger partial charge in [0.15, 0.2) is 4.80 Å². The minimum atomic E-state index is -3.52. The van der Waals surface area contributed by atoms with Crippen LogP contribution >= 0.6 is 22.9 Å². The Labute approximate surface area is 184 Å². The summed E-state index contributed by atoms with van der Waals surface area (Å²) < 4.78 is 29.9. The molecule has 1 saturated heterocycles. The number of halogens is 1. The standard InChI is InChI=1S/C21H22ClN3O3S2/c1-14-17(22)10-11-18-19(14)24(2)21(29-18)23-20(26)15-6-8-16(9-7-15)30(27,28)25-12-4-3-5-13-25/h6-11H,3-5,12-13H2,1-2H3. The number of aryl methyl sites for hydroxylation is 2. The lowest BCUT2D eigenvalue weighted by atomic mass is 10.2. The van der Waals surface area contributed by atoms with Gasteiger partial charge in [0.1, 0.15) is 0 Å². The van der Waals surface area contributed by atoms with E-state index >= 15 is 0 Å². The molecular formula is C21H22ClN3O3S2. The Bertz CT molecular complexity index is 1290. The van der Waals surface area contributed by atoms with E-state index in [1.54, 1.807) is 0 Å². The van der Waals surface area contributed by atoms with Crippen LogP contribution in [0.5, 0.6) is 0 Å². The average molecular weight is 464 g/mol. The second-order valence-corrected chi connectivity index (χ2v) is 10.7. The van der Waals surface area contributed by atoms with Crippen molar-refractivity contribution >= 4 is 49.1 Å². The number of carbonyl (C=O) groups is 1. The number of sulfonamides is 1. The molecule has 1 fully saturated rings. The summed E-state index contributed by atoms with van der Waals surface area (Å²) in [5.74, 6) is -0.414. The van der Waals surface area contributed by atoms with Crippen molar-refractivity contribution in [2.75, 3.05) is 13.1 Å². The number of piperidine rings is 1. The number of hydrogen-bond acceptors (Lipinski definition) is 4. The van der Waals surface area contributed by atoms with E-state index in [0.29, 0.717) is 28.5 Å². The number of aromatic nitrogens is 1. The van der Waals surface area contributed by atoms with Crippen LogP contribution in [0.1, 0.15) is 35.2 Å². The SMILES string of the molecule is Cc1c(Cl)ccc2sc(=NC(=O)c3ccc(S(=O)(=O)N4CCCCC4)cc3)n(C)c12. The number of fused-ring (bicyclic) bond motifs is 1. The number of carbonyl (C=O) groups excluding carboxylic acids is 1. The van der Waals surface area contributed by atoms with E-state index in [1.165, 1.54) is 39.9 Å². The Hall–Kier alpha value is -2.00. The van der Waals surface area contributed by atoms with Crippen molar-refractivity contribution in [1.82, 2.24) is 8.87 Å².